The first-order chi connectivity index (χ1) is 9.94. The lowest BCUT2D eigenvalue weighted by molar-refractivity contribution is -0.115. The minimum Gasteiger partial charge on any atom is -0.325 e. The van der Waals surface area contributed by atoms with Gasteiger partial charge in [0.2, 0.25) is 5.91 Å². The molecule has 0 saturated heterocycles. The lowest BCUT2D eigenvalue weighted by Crippen LogP contribution is -2.03. The topological polar surface area (TPSA) is 46.2 Å². The number of benzene rings is 2. The molecule has 0 fully saturated rings. The molecule has 6 heteroatoms. The lowest BCUT2D eigenvalue weighted by atomic mass is 10.00. The Morgan fingerprint density at radius 3 is 2.33 bits per heavy atom. The van der Waals surface area contributed by atoms with Crippen LogP contribution in [0, 0.1) is 0 Å². The van der Waals surface area contributed by atoms with E-state index >= 15 is 0 Å². The third-order valence-electron chi connectivity index (χ3n) is 3.19. The summed E-state index contributed by atoms with van der Waals surface area (Å²) < 4.78 is 0. The molecule has 1 heterocycles. The highest BCUT2D eigenvalue weighted by Crippen LogP contribution is 2.31. The number of anilines is 1. The summed E-state index contributed by atoms with van der Waals surface area (Å²) in [6.07, 6.45) is 0.239. The number of hydrogen-bond donors (Lipinski definition) is 1. The molecule has 1 aliphatic heterocycles. The SMILES string of the molecule is O=C1Cc2cc(C(=O)c3cc(Cl)cc(Cl)c3)c(Cl)cc2N1. The van der Waals surface area contributed by atoms with Crippen LogP contribution in [0.25, 0.3) is 0 Å². The summed E-state index contributed by atoms with van der Waals surface area (Å²) in [5.41, 5.74) is 2.07. The number of amides is 1. The van der Waals surface area contributed by atoms with Crippen molar-refractivity contribution in [1.29, 1.82) is 0 Å². The van der Waals surface area contributed by atoms with E-state index in [1.165, 1.54) is 12.1 Å². The second-order valence-electron chi connectivity index (χ2n) is 4.70. The number of nitrogens with one attached hydrogen (secondary N) is 1. The van der Waals surface area contributed by atoms with Crippen LogP contribution >= 0.6 is 34.8 Å². The summed E-state index contributed by atoms with van der Waals surface area (Å²) in [4.78, 5) is 23.9. The van der Waals surface area contributed by atoms with E-state index in [0.717, 1.165) is 5.56 Å². The number of carbonyl (C=O) groups is 2. The summed E-state index contributed by atoms with van der Waals surface area (Å²) in [6.45, 7) is 0. The maximum atomic E-state index is 12.5. The zero-order chi connectivity index (χ0) is 15.1. The Hall–Kier alpha value is -1.55. The Morgan fingerprint density at radius 2 is 1.67 bits per heavy atom. The fraction of sp³-hybridized carbons (Fsp3) is 0.0667. The Morgan fingerprint density at radius 1 is 1.00 bits per heavy atom. The summed E-state index contributed by atoms with van der Waals surface area (Å²) in [7, 11) is 0. The van der Waals surface area contributed by atoms with Crippen LogP contribution < -0.4 is 5.32 Å². The van der Waals surface area contributed by atoms with E-state index in [9.17, 15) is 9.59 Å². The van der Waals surface area contributed by atoms with Gasteiger partial charge in [0.15, 0.2) is 5.78 Å². The molecule has 1 amide bonds. The molecule has 0 atom stereocenters. The van der Waals surface area contributed by atoms with Gasteiger partial charge < -0.3 is 5.32 Å². The van der Waals surface area contributed by atoms with Crippen molar-refractivity contribution in [3.8, 4) is 0 Å². The molecular formula is C15H8Cl3NO2. The molecule has 0 spiro atoms. The van der Waals surface area contributed by atoms with Crippen molar-refractivity contribution in [3.63, 3.8) is 0 Å². The van der Waals surface area contributed by atoms with E-state index in [0.29, 0.717) is 26.9 Å². The van der Waals surface area contributed by atoms with Gasteiger partial charge in [-0.25, -0.2) is 0 Å². The minimum atomic E-state index is -0.286. The predicted octanol–water partition coefficient (Wildman–Crippen LogP) is 4.37. The first kappa shape index (κ1) is 14.4. The zero-order valence-electron chi connectivity index (χ0n) is 10.5. The van der Waals surface area contributed by atoms with E-state index in [1.54, 1.807) is 18.2 Å². The second kappa shape index (κ2) is 5.34. The molecule has 0 bridgehead atoms. The second-order valence-corrected chi connectivity index (χ2v) is 5.98. The summed E-state index contributed by atoms with van der Waals surface area (Å²) in [6, 6.07) is 7.83. The smallest absolute Gasteiger partial charge is 0.228 e. The zero-order valence-corrected chi connectivity index (χ0v) is 12.8. The molecular weight excluding hydrogens is 333 g/mol. The molecule has 21 heavy (non-hydrogen) atoms. The van der Waals surface area contributed by atoms with Crippen molar-refractivity contribution in [3.05, 3.63) is 62.1 Å². The molecule has 0 radical (unpaired) electrons. The minimum absolute atomic E-state index is 0.114. The maximum Gasteiger partial charge on any atom is 0.228 e. The number of hydrogen-bond acceptors (Lipinski definition) is 2. The molecule has 1 N–H and O–H groups in total. The van der Waals surface area contributed by atoms with Crippen LogP contribution in [0.1, 0.15) is 21.5 Å². The standard InChI is InChI=1S/C15H8Cl3NO2/c16-9-1-8(2-10(17)5-9)15(21)11-3-7-4-14(20)19-13(7)6-12(11)18/h1-3,5-6H,4H2,(H,19,20). The van der Waals surface area contributed by atoms with Crippen molar-refractivity contribution in [2.45, 2.75) is 6.42 Å². The van der Waals surface area contributed by atoms with Crippen molar-refractivity contribution in [1.82, 2.24) is 0 Å². The van der Waals surface area contributed by atoms with Crippen molar-refractivity contribution < 1.29 is 9.59 Å². The van der Waals surface area contributed by atoms with E-state index in [-0.39, 0.29) is 23.1 Å². The fourth-order valence-corrected chi connectivity index (χ4v) is 3.04. The fourth-order valence-electron chi connectivity index (χ4n) is 2.26. The van der Waals surface area contributed by atoms with Crippen LogP contribution in [-0.4, -0.2) is 11.7 Å². The Balaban J connectivity index is 2.06. The van der Waals surface area contributed by atoms with Gasteiger partial charge in [0.05, 0.1) is 11.4 Å². The van der Waals surface area contributed by atoms with Gasteiger partial charge in [-0.2, -0.15) is 0 Å². The summed E-state index contributed by atoms with van der Waals surface area (Å²) >= 11 is 18.0. The molecule has 1 aliphatic rings. The monoisotopic (exact) mass is 339 g/mol. The highest BCUT2D eigenvalue weighted by molar-refractivity contribution is 6.37. The molecule has 0 aromatic heterocycles. The predicted molar refractivity (Wildman–Crippen MR) is 83.7 cm³/mol. The van der Waals surface area contributed by atoms with Gasteiger partial charge in [-0.15, -0.1) is 0 Å². The van der Waals surface area contributed by atoms with E-state index in [4.69, 9.17) is 34.8 Å². The van der Waals surface area contributed by atoms with Crippen molar-refractivity contribution >= 4 is 52.2 Å². The Labute approximate surface area is 135 Å². The van der Waals surface area contributed by atoms with Crippen LogP contribution in [0.5, 0.6) is 0 Å². The van der Waals surface area contributed by atoms with Gasteiger partial charge in [0.25, 0.3) is 0 Å². The molecule has 3 nitrogen and oxygen atoms in total. The molecule has 0 unspecified atom stereocenters. The average Bonchev–Trinajstić information content (AvgIpc) is 2.75. The first-order valence-corrected chi connectivity index (χ1v) is 7.20. The molecule has 0 aliphatic carbocycles. The summed E-state index contributed by atoms with van der Waals surface area (Å²) in [5, 5.41) is 3.71. The van der Waals surface area contributed by atoms with Gasteiger partial charge in [-0.1, -0.05) is 34.8 Å². The Bertz CT molecular complexity index is 766. The number of fused-ring (bicyclic) bond motifs is 1. The average molecular weight is 341 g/mol. The van der Waals surface area contributed by atoms with Crippen LogP contribution in [0.3, 0.4) is 0 Å². The molecule has 0 saturated carbocycles. The molecule has 3 rings (SSSR count). The van der Waals surface area contributed by atoms with Crippen LogP contribution in [0.4, 0.5) is 5.69 Å². The van der Waals surface area contributed by atoms with Crippen molar-refractivity contribution in [2.75, 3.05) is 5.32 Å². The quantitative estimate of drug-likeness (QED) is 0.825. The van der Waals surface area contributed by atoms with Crippen molar-refractivity contribution in [2.24, 2.45) is 0 Å². The van der Waals surface area contributed by atoms with Gasteiger partial charge in [-0.05, 0) is 35.9 Å². The third kappa shape index (κ3) is 2.77. The maximum absolute atomic E-state index is 12.5. The number of carbonyl (C=O) groups excluding carboxylic acids is 2. The van der Waals surface area contributed by atoms with Gasteiger partial charge in [-0.3, -0.25) is 9.59 Å². The van der Waals surface area contributed by atoms with E-state index in [1.807, 2.05) is 0 Å². The highest BCUT2D eigenvalue weighted by atomic mass is 35.5. The van der Waals surface area contributed by atoms with Gasteiger partial charge >= 0.3 is 0 Å². The van der Waals surface area contributed by atoms with Gasteiger partial charge in [0, 0.05) is 26.9 Å². The largest absolute Gasteiger partial charge is 0.325 e. The molecule has 106 valence electrons. The number of ketones is 1. The lowest BCUT2D eigenvalue weighted by Gasteiger charge is -2.08. The highest BCUT2D eigenvalue weighted by Gasteiger charge is 2.22. The third-order valence-corrected chi connectivity index (χ3v) is 3.94. The van der Waals surface area contributed by atoms with Gasteiger partial charge in [0.1, 0.15) is 0 Å². The van der Waals surface area contributed by atoms with Crippen LogP contribution in [0.2, 0.25) is 15.1 Å². The number of rotatable bonds is 2. The molecule has 2 aromatic carbocycles. The molecule has 2 aromatic rings. The normalized spacial score (nSPS) is 13.0. The van der Waals surface area contributed by atoms with E-state index in [2.05, 4.69) is 5.32 Å². The Kier molecular flexibility index (Phi) is 3.66. The number of halogens is 3. The van der Waals surface area contributed by atoms with E-state index < -0.39 is 0 Å². The summed E-state index contributed by atoms with van der Waals surface area (Å²) in [5.74, 6) is -0.400. The van der Waals surface area contributed by atoms with Crippen LogP contribution in [0.15, 0.2) is 30.3 Å². The van der Waals surface area contributed by atoms with Crippen LogP contribution in [-0.2, 0) is 11.2 Å². The first-order valence-electron chi connectivity index (χ1n) is 6.07.